The molecule has 9 unspecified atom stereocenters. The minimum atomic E-state index is -1.40. The summed E-state index contributed by atoms with van der Waals surface area (Å²) in [5.41, 5.74) is 1.23. The average Bonchev–Trinajstić information content (AvgIpc) is 3.07. The van der Waals surface area contributed by atoms with Crippen LogP contribution >= 0.6 is 0 Å². The molecule has 4 aliphatic carbocycles. The van der Waals surface area contributed by atoms with E-state index < -0.39 is 17.1 Å². The van der Waals surface area contributed by atoms with Gasteiger partial charge in [0.15, 0.2) is 5.78 Å². The average molecular weight is 443 g/mol. The molecule has 0 spiro atoms. The maximum Gasteiger partial charge on any atom is 0.187 e. The minimum absolute atomic E-state index is 0.146. The lowest BCUT2D eigenvalue weighted by Crippen LogP contribution is -2.64. The maximum absolute atomic E-state index is 13.3. The van der Waals surface area contributed by atoms with Crippen molar-refractivity contribution in [3.8, 4) is 0 Å². The quantitative estimate of drug-likeness (QED) is 0.518. The molecule has 4 rings (SSSR count). The monoisotopic (exact) mass is 442 g/mol. The number of ketones is 1. The number of hydrogen-bond donors (Lipinski definition) is 2. The normalized spacial score (nSPS) is 46.2. The number of allylic oxidation sites excluding steroid dienone is 3. The van der Waals surface area contributed by atoms with Crippen LogP contribution in [0.1, 0.15) is 93.4 Å². The molecule has 32 heavy (non-hydrogen) atoms. The van der Waals surface area contributed by atoms with Crippen molar-refractivity contribution in [3.05, 3.63) is 23.3 Å². The zero-order valence-electron chi connectivity index (χ0n) is 21.4. The van der Waals surface area contributed by atoms with Gasteiger partial charge in [0.2, 0.25) is 0 Å². The molecule has 4 aliphatic rings. The van der Waals surface area contributed by atoms with Gasteiger partial charge < -0.3 is 10.2 Å². The van der Waals surface area contributed by atoms with Gasteiger partial charge in [0.05, 0.1) is 6.10 Å². The molecule has 0 aromatic heterocycles. The summed E-state index contributed by atoms with van der Waals surface area (Å²) in [4.78, 5) is 13.3. The summed E-state index contributed by atoms with van der Waals surface area (Å²) >= 11 is 0. The van der Waals surface area contributed by atoms with Crippen LogP contribution < -0.4 is 0 Å². The third-order valence-corrected chi connectivity index (χ3v) is 11.0. The number of carbonyl (C=O) groups is 1. The number of carbonyl (C=O) groups excluding carboxylic acids is 1. The highest BCUT2D eigenvalue weighted by atomic mass is 16.3. The maximum atomic E-state index is 13.3. The molecule has 0 saturated heterocycles. The fourth-order valence-electron chi connectivity index (χ4n) is 8.46. The first-order chi connectivity index (χ1) is 14.8. The molecule has 3 fully saturated rings. The van der Waals surface area contributed by atoms with Crippen molar-refractivity contribution in [1.82, 2.24) is 0 Å². The van der Waals surface area contributed by atoms with E-state index in [4.69, 9.17) is 0 Å². The van der Waals surface area contributed by atoms with Gasteiger partial charge in [-0.05, 0) is 92.4 Å². The van der Waals surface area contributed by atoms with E-state index in [9.17, 15) is 15.0 Å². The zero-order valence-corrected chi connectivity index (χ0v) is 21.4. The van der Waals surface area contributed by atoms with Crippen molar-refractivity contribution >= 4 is 5.78 Å². The first-order valence-corrected chi connectivity index (χ1v) is 13.2. The lowest BCUT2D eigenvalue weighted by molar-refractivity contribution is -0.180. The molecule has 3 nitrogen and oxygen atoms in total. The summed E-state index contributed by atoms with van der Waals surface area (Å²) in [6.45, 7) is 16.3. The van der Waals surface area contributed by atoms with E-state index in [1.807, 2.05) is 6.08 Å². The molecule has 0 aromatic rings. The largest absolute Gasteiger partial charge is 0.393 e. The van der Waals surface area contributed by atoms with Crippen LogP contribution in [0, 0.1) is 46.3 Å². The summed E-state index contributed by atoms with van der Waals surface area (Å²) < 4.78 is 0. The van der Waals surface area contributed by atoms with Crippen LogP contribution in [0.4, 0.5) is 0 Å². The Kier molecular flexibility index (Phi) is 6.11. The van der Waals surface area contributed by atoms with Gasteiger partial charge in [-0.25, -0.2) is 0 Å². The Hall–Kier alpha value is -0.930. The van der Waals surface area contributed by atoms with E-state index in [1.54, 1.807) is 0 Å². The van der Waals surface area contributed by atoms with Crippen LogP contribution in [0.2, 0.25) is 0 Å². The van der Waals surface area contributed by atoms with Gasteiger partial charge in [0.1, 0.15) is 5.60 Å². The minimum Gasteiger partial charge on any atom is -0.393 e. The predicted molar refractivity (Wildman–Crippen MR) is 130 cm³/mol. The van der Waals surface area contributed by atoms with Crippen molar-refractivity contribution in [2.75, 3.05) is 0 Å². The van der Waals surface area contributed by atoms with Crippen molar-refractivity contribution in [1.29, 1.82) is 0 Å². The van der Waals surface area contributed by atoms with Crippen LogP contribution in [0.3, 0.4) is 0 Å². The highest BCUT2D eigenvalue weighted by Gasteiger charge is 2.65. The number of rotatable bonds is 4. The predicted octanol–water partition coefficient (Wildman–Crippen LogP) is 6.09. The molecular formula is C29H46O3. The van der Waals surface area contributed by atoms with Gasteiger partial charge in [-0.1, -0.05) is 58.8 Å². The molecule has 180 valence electrons. The van der Waals surface area contributed by atoms with E-state index in [0.29, 0.717) is 36.0 Å². The second-order valence-corrected chi connectivity index (χ2v) is 12.8. The lowest BCUT2D eigenvalue weighted by atomic mass is 9.46. The Balaban J connectivity index is 1.64. The van der Waals surface area contributed by atoms with E-state index in [1.165, 1.54) is 24.0 Å². The topological polar surface area (TPSA) is 57.5 Å². The van der Waals surface area contributed by atoms with E-state index in [2.05, 4.69) is 54.5 Å². The Morgan fingerprint density at radius 3 is 2.41 bits per heavy atom. The van der Waals surface area contributed by atoms with Crippen molar-refractivity contribution in [2.45, 2.75) is 105 Å². The molecule has 0 heterocycles. The molecule has 3 saturated carbocycles. The third kappa shape index (κ3) is 3.40. The zero-order chi connectivity index (χ0) is 23.6. The summed E-state index contributed by atoms with van der Waals surface area (Å²) in [6.07, 6.45) is 10.0. The highest BCUT2D eigenvalue weighted by Crippen LogP contribution is 2.67. The fourth-order valence-corrected chi connectivity index (χ4v) is 8.46. The van der Waals surface area contributed by atoms with Crippen LogP contribution in [0.5, 0.6) is 0 Å². The van der Waals surface area contributed by atoms with Gasteiger partial charge in [-0.3, -0.25) is 4.79 Å². The van der Waals surface area contributed by atoms with Gasteiger partial charge in [-0.15, -0.1) is 0 Å². The van der Waals surface area contributed by atoms with Gasteiger partial charge in [-0.2, -0.15) is 0 Å². The summed E-state index contributed by atoms with van der Waals surface area (Å²) in [6, 6.07) is 0. The SMILES string of the molecule is CC(=CC(C)C1CCC2C3=CC(=O)C4(O)CC(O)CCC4(C)C3CCC21C)C(C)C(C)C. The van der Waals surface area contributed by atoms with Crippen LogP contribution in [-0.2, 0) is 4.79 Å². The first-order valence-electron chi connectivity index (χ1n) is 13.2. The van der Waals surface area contributed by atoms with Gasteiger partial charge in [0, 0.05) is 11.8 Å². The van der Waals surface area contributed by atoms with Gasteiger partial charge >= 0.3 is 0 Å². The molecule has 0 aliphatic heterocycles. The standard InChI is InChI=1S/C29H46O3/c1-17(2)20(5)18(3)14-19(4)23-8-9-24-22-15-26(31)29(32)16-21(30)10-13-28(29,7)25(22)11-12-27(23,24)6/h14-15,17,19-21,23-25,30,32H,8-13,16H2,1-7H3. The Morgan fingerprint density at radius 1 is 1.06 bits per heavy atom. The molecule has 0 radical (unpaired) electrons. The number of hydrogen-bond acceptors (Lipinski definition) is 3. The second-order valence-electron chi connectivity index (χ2n) is 12.8. The van der Waals surface area contributed by atoms with Crippen molar-refractivity contribution in [2.24, 2.45) is 46.3 Å². The van der Waals surface area contributed by atoms with Crippen molar-refractivity contribution < 1.29 is 15.0 Å². The molecule has 0 aromatic carbocycles. The molecule has 9 atom stereocenters. The van der Waals surface area contributed by atoms with E-state index >= 15 is 0 Å². The molecule has 0 amide bonds. The summed E-state index contributed by atoms with van der Waals surface area (Å²) in [5.74, 6) is 3.02. The number of fused-ring (bicyclic) bond motifs is 5. The molecule has 2 N–H and O–H groups in total. The smallest absolute Gasteiger partial charge is 0.187 e. The van der Waals surface area contributed by atoms with Crippen molar-refractivity contribution in [3.63, 3.8) is 0 Å². The Labute approximate surface area is 195 Å². The van der Waals surface area contributed by atoms with Gasteiger partial charge in [0.25, 0.3) is 0 Å². The molecule has 3 heteroatoms. The van der Waals surface area contributed by atoms with E-state index in [0.717, 1.165) is 19.3 Å². The molecule has 0 bridgehead atoms. The first kappa shape index (κ1) is 24.2. The fraction of sp³-hybridized carbons (Fsp3) is 0.828. The third-order valence-electron chi connectivity index (χ3n) is 11.0. The highest BCUT2D eigenvalue weighted by molar-refractivity contribution is 5.99. The lowest BCUT2D eigenvalue weighted by Gasteiger charge is -2.59. The van der Waals surface area contributed by atoms with Crippen LogP contribution in [0.15, 0.2) is 23.3 Å². The summed E-state index contributed by atoms with van der Waals surface area (Å²) in [7, 11) is 0. The van der Waals surface area contributed by atoms with Crippen LogP contribution in [-0.4, -0.2) is 27.7 Å². The number of aliphatic hydroxyl groups excluding tert-OH is 1. The number of aliphatic hydroxyl groups is 2. The Morgan fingerprint density at radius 2 is 1.75 bits per heavy atom. The molecular weight excluding hydrogens is 396 g/mol. The van der Waals surface area contributed by atoms with Crippen LogP contribution in [0.25, 0.3) is 0 Å². The second kappa shape index (κ2) is 8.08. The van der Waals surface area contributed by atoms with E-state index in [-0.39, 0.29) is 23.5 Å². The summed E-state index contributed by atoms with van der Waals surface area (Å²) in [5, 5.41) is 21.7. The Bertz CT molecular complexity index is 824.